The van der Waals surface area contributed by atoms with Crippen molar-refractivity contribution in [3.63, 3.8) is 0 Å². The molecule has 3 aromatic heterocycles. The molecule has 6 rings (SSSR count). The van der Waals surface area contributed by atoms with Crippen LogP contribution in [0.4, 0.5) is 34.4 Å². The van der Waals surface area contributed by atoms with Gasteiger partial charge in [-0.25, -0.2) is 9.78 Å². The Labute approximate surface area is 273 Å². The summed E-state index contributed by atoms with van der Waals surface area (Å²) < 4.78 is 28.1. The number of ether oxygens (including phenoxy) is 4. The van der Waals surface area contributed by atoms with Gasteiger partial charge >= 0.3 is 5.97 Å². The third-order valence-corrected chi connectivity index (χ3v) is 7.83. The maximum Gasteiger partial charge on any atom is 0.341 e. The van der Waals surface area contributed by atoms with E-state index in [0.29, 0.717) is 45.1 Å². The molecule has 3 N–H and O–H groups in total. The highest BCUT2D eigenvalue weighted by Gasteiger charge is 2.17. The van der Waals surface area contributed by atoms with Crippen LogP contribution in [0.1, 0.15) is 23.0 Å². The zero-order valence-corrected chi connectivity index (χ0v) is 27.0. The second kappa shape index (κ2) is 13.6. The van der Waals surface area contributed by atoms with Crippen LogP contribution in [0.25, 0.3) is 21.5 Å². The van der Waals surface area contributed by atoms with Gasteiger partial charge in [0.1, 0.15) is 34.3 Å². The first-order valence-electron chi connectivity index (χ1n) is 14.5. The molecule has 0 atom stereocenters. The first-order valence-corrected chi connectivity index (χ1v) is 15.3. The quantitative estimate of drug-likeness (QED) is 0.112. The minimum absolute atomic E-state index is 0.261. The smallest absolute Gasteiger partial charge is 0.341 e. The summed E-state index contributed by atoms with van der Waals surface area (Å²) in [5.41, 5.74) is 3.36. The lowest BCUT2D eigenvalue weighted by Crippen LogP contribution is -2.07. The Bertz CT molecular complexity index is 2020. The molecule has 13 nitrogen and oxygen atoms in total. The van der Waals surface area contributed by atoms with Crippen LogP contribution >= 0.6 is 11.3 Å². The lowest BCUT2D eigenvalue weighted by atomic mass is 10.1. The molecular formula is C33H31N7O6S. The van der Waals surface area contributed by atoms with Gasteiger partial charge in [-0.1, -0.05) is 11.3 Å². The van der Waals surface area contributed by atoms with Crippen LogP contribution in [0, 0.1) is 6.92 Å². The average molecular weight is 654 g/mol. The third-order valence-electron chi connectivity index (χ3n) is 6.90. The zero-order valence-electron chi connectivity index (χ0n) is 26.2. The van der Waals surface area contributed by atoms with E-state index in [-0.39, 0.29) is 24.5 Å². The Balaban J connectivity index is 1.29. The van der Waals surface area contributed by atoms with Crippen molar-refractivity contribution in [2.24, 2.45) is 0 Å². The van der Waals surface area contributed by atoms with Crippen molar-refractivity contribution in [3.8, 4) is 28.6 Å². The van der Waals surface area contributed by atoms with Gasteiger partial charge in [0, 0.05) is 35.1 Å². The number of aryl methyl sites for hydroxylation is 1. The fourth-order valence-corrected chi connectivity index (χ4v) is 5.50. The molecule has 0 amide bonds. The summed E-state index contributed by atoms with van der Waals surface area (Å²) in [5, 5.41) is 10.3. The molecule has 0 saturated carbocycles. The summed E-state index contributed by atoms with van der Waals surface area (Å²) in [7, 11) is 4.79. The fraction of sp³-hybridized carbons (Fsp3) is 0.182. The van der Waals surface area contributed by atoms with E-state index >= 15 is 0 Å². The van der Waals surface area contributed by atoms with Crippen LogP contribution in [-0.4, -0.2) is 53.8 Å². The number of furan rings is 1. The highest BCUT2D eigenvalue weighted by molar-refractivity contribution is 7.22. The summed E-state index contributed by atoms with van der Waals surface area (Å²) in [4.78, 5) is 30.7. The average Bonchev–Trinajstić information content (AvgIpc) is 3.67. The van der Waals surface area contributed by atoms with Crippen LogP contribution in [0.15, 0.2) is 71.1 Å². The molecule has 0 radical (unpaired) electrons. The van der Waals surface area contributed by atoms with E-state index in [0.717, 1.165) is 21.5 Å². The molecule has 0 spiro atoms. The maximum atomic E-state index is 12.2. The van der Waals surface area contributed by atoms with Crippen molar-refractivity contribution in [3.05, 3.63) is 78.1 Å². The van der Waals surface area contributed by atoms with Crippen molar-refractivity contribution in [1.29, 1.82) is 0 Å². The number of thiazole rings is 1. The van der Waals surface area contributed by atoms with Crippen molar-refractivity contribution >= 4 is 61.9 Å². The number of nitrogens with zero attached hydrogens (tertiary/aromatic N) is 4. The van der Waals surface area contributed by atoms with Crippen LogP contribution in [0.2, 0.25) is 0 Å². The number of anilines is 6. The molecule has 0 bridgehead atoms. The first kappa shape index (κ1) is 31.1. The highest BCUT2D eigenvalue weighted by Crippen LogP contribution is 2.32. The molecule has 0 aliphatic heterocycles. The zero-order chi connectivity index (χ0) is 32.9. The maximum absolute atomic E-state index is 12.2. The molecule has 47 heavy (non-hydrogen) atoms. The van der Waals surface area contributed by atoms with E-state index in [1.807, 2.05) is 42.5 Å². The highest BCUT2D eigenvalue weighted by atomic mass is 32.1. The summed E-state index contributed by atoms with van der Waals surface area (Å²) in [6, 6.07) is 20.2. The van der Waals surface area contributed by atoms with Gasteiger partial charge in [0.05, 0.1) is 38.2 Å². The number of rotatable bonds is 12. The number of nitrogens with one attached hydrogen (secondary N) is 3. The van der Waals surface area contributed by atoms with E-state index in [4.69, 9.17) is 23.4 Å². The normalized spacial score (nSPS) is 10.8. The molecule has 14 heteroatoms. The van der Waals surface area contributed by atoms with E-state index < -0.39 is 5.97 Å². The Hall–Kier alpha value is -5.89. The number of benzene rings is 3. The summed E-state index contributed by atoms with van der Waals surface area (Å²) >= 11 is 1.44. The summed E-state index contributed by atoms with van der Waals surface area (Å²) in [5.74, 6) is 3.37. The third kappa shape index (κ3) is 7.17. The lowest BCUT2D eigenvalue weighted by Gasteiger charge is -2.12. The Morgan fingerprint density at radius 3 is 2.02 bits per heavy atom. The number of hydrogen-bond donors (Lipinski definition) is 3. The molecular weight excluding hydrogens is 622 g/mol. The van der Waals surface area contributed by atoms with Gasteiger partial charge in [-0.2, -0.15) is 15.0 Å². The van der Waals surface area contributed by atoms with Crippen LogP contribution in [0.5, 0.6) is 17.2 Å². The van der Waals surface area contributed by atoms with Crippen LogP contribution in [0.3, 0.4) is 0 Å². The summed E-state index contributed by atoms with van der Waals surface area (Å²) in [6.07, 6.45) is 0. The second-order valence-electron chi connectivity index (χ2n) is 10.0. The van der Waals surface area contributed by atoms with Crippen molar-refractivity contribution in [1.82, 2.24) is 19.9 Å². The lowest BCUT2D eigenvalue weighted by molar-refractivity contribution is 0.0524. The van der Waals surface area contributed by atoms with Crippen molar-refractivity contribution in [2.75, 3.05) is 43.9 Å². The molecule has 0 aliphatic rings. The van der Waals surface area contributed by atoms with Crippen LogP contribution < -0.4 is 30.2 Å². The Kier molecular flexibility index (Phi) is 9.02. The van der Waals surface area contributed by atoms with Crippen LogP contribution in [-0.2, 0) is 4.74 Å². The van der Waals surface area contributed by atoms with Gasteiger partial charge in [-0.05, 0) is 62.4 Å². The van der Waals surface area contributed by atoms with E-state index in [9.17, 15) is 4.79 Å². The number of hydrogen-bond acceptors (Lipinski definition) is 14. The topological polar surface area (TPSA) is 155 Å². The number of fused-ring (bicyclic) bond motifs is 1. The van der Waals surface area contributed by atoms with Crippen molar-refractivity contribution in [2.45, 2.75) is 13.8 Å². The standard InChI is InChI=1S/C33H31N7O6S/c1-6-45-29(41)25-17-27(46-18(25)2)19-7-9-20(10-8-19)34-30-37-31(35-21-13-23(43-4)15-24(14-21)44-5)39-32(38-30)40-33-36-26-12-11-22(42-3)16-28(26)47-33/h7-17H,6H2,1-5H3,(H3,34,35,36,37,38,39,40). The largest absolute Gasteiger partial charge is 0.497 e. The monoisotopic (exact) mass is 653 g/mol. The predicted octanol–water partition coefficient (Wildman–Crippen LogP) is 7.48. The van der Waals surface area contributed by atoms with E-state index in [1.165, 1.54) is 11.3 Å². The number of carbonyl (C=O) groups is 1. The number of carbonyl (C=O) groups excluding carboxylic acids is 1. The van der Waals surface area contributed by atoms with Gasteiger partial charge in [-0.15, -0.1) is 0 Å². The molecule has 3 aromatic carbocycles. The first-order chi connectivity index (χ1) is 22.8. The van der Waals surface area contributed by atoms with Gasteiger partial charge in [0.2, 0.25) is 17.8 Å². The molecule has 0 fully saturated rings. The molecule has 0 aliphatic carbocycles. The number of methoxy groups -OCH3 is 3. The van der Waals surface area contributed by atoms with E-state index in [2.05, 4.69) is 35.9 Å². The second-order valence-corrected chi connectivity index (χ2v) is 11.0. The van der Waals surface area contributed by atoms with Gasteiger partial charge in [0.15, 0.2) is 5.13 Å². The van der Waals surface area contributed by atoms with Gasteiger partial charge in [-0.3, -0.25) is 5.32 Å². The minimum atomic E-state index is -0.417. The summed E-state index contributed by atoms with van der Waals surface area (Å²) in [6.45, 7) is 3.78. The number of esters is 1. The molecule has 3 heterocycles. The number of aromatic nitrogens is 4. The molecule has 240 valence electrons. The predicted molar refractivity (Wildman–Crippen MR) is 180 cm³/mol. The Morgan fingerprint density at radius 1 is 0.745 bits per heavy atom. The molecule has 6 aromatic rings. The Morgan fingerprint density at radius 2 is 1.38 bits per heavy atom. The fourth-order valence-electron chi connectivity index (χ4n) is 4.62. The minimum Gasteiger partial charge on any atom is -0.497 e. The molecule has 0 unspecified atom stereocenters. The van der Waals surface area contributed by atoms with Gasteiger partial charge < -0.3 is 34.0 Å². The SMILES string of the molecule is CCOC(=O)c1cc(-c2ccc(Nc3nc(Nc4cc(OC)cc(OC)c4)nc(Nc4nc5ccc(OC)cc5s4)n3)cc2)oc1C. The molecule has 0 saturated heterocycles. The van der Waals surface area contributed by atoms with Gasteiger partial charge in [0.25, 0.3) is 0 Å². The van der Waals surface area contributed by atoms with E-state index in [1.54, 1.807) is 59.4 Å². The van der Waals surface area contributed by atoms with Crippen molar-refractivity contribution < 1.29 is 28.2 Å².